The zero-order valence-corrected chi connectivity index (χ0v) is 6.86. The number of ether oxygens (including phenoxy) is 1. The summed E-state index contributed by atoms with van der Waals surface area (Å²) < 4.78 is 5.51. The number of rotatable bonds is 0. The molecule has 1 aromatic heterocycles. The predicted octanol–water partition coefficient (Wildman–Crippen LogP) is 2.27. The monoisotopic (exact) mass is 161 g/mol. The highest BCUT2D eigenvalue weighted by molar-refractivity contribution is 5.52. The molecule has 1 aliphatic rings. The molecular weight excluding hydrogens is 150 g/mol. The average molecular weight is 161 g/mol. The summed E-state index contributed by atoms with van der Waals surface area (Å²) in [6, 6.07) is 3.85. The van der Waals surface area contributed by atoms with Crippen molar-refractivity contribution < 1.29 is 4.74 Å². The summed E-state index contributed by atoms with van der Waals surface area (Å²) in [4.78, 5) is 4.21. The van der Waals surface area contributed by atoms with Crippen LogP contribution < -0.4 is 4.74 Å². The summed E-state index contributed by atoms with van der Waals surface area (Å²) in [6.07, 6.45) is 8.12. The number of aromatic nitrogens is 1. The summed E-state index contributed by atoms with van der Waals surface area (Å²) in [6.45, 7) is 0.795. The molecule has 0 saturated carbocycles. The van der Waals surface area contributed by atoms with Crippen LogP contribution in [0, 0.1) is 0 Å². The second kappa shape index (κ2) is 3.39. The third kappa shape index (κ3) is 1.47. The molecule has 62 valence electrons. The van der Waals surface area contributed by atoms with Gasteiger partial charge in [0.05, 0.1) is 6.61 Å². The van der Waals surface area contributed by atoms with Crippen molar-refractivity contribution in [2.75, 3.05) is 6.61 Å². The minimum Gasteiger partial charge on any atom is -0.491 e. The molecule has 0 spiro atoms. The maximum absolute atomic E-state index is 5.51. The van der Waals surface area contributed by atoms with Crippen molar-refractivity contribution in [3.05, 3.63) is 30.1 Å². The first-order valence-corrected chi connectivity index (χ1v) is 4.21. The van der Waals surface area contributed by atoms with Crippen molar-refractivity contribution in [3.8, 4) is 5.75 Å². The number of fused-ring (bicyclic) bond motifs is 1. The highest BCUT2D eigenvalue weighted by atomic mass is 16.5. The molecule has 12 heavy (non-hydrogen) atoms. The first-order valence-electron chi connectivity index (χ1n) is 4.21. The van der Waals surface area contributed by atoms with Crippen LogP contribution in [0.25, 0.3) is 6.08 Å². The number of pyridine rings is 1. The van der Waals surface area contributed by atoms with Crippen LogP contribution in [0.1, 0.15) is 18.5 Å². The zero-order chi connectivity index (χ0) is 8.23. The second-order valence-electron chi connectivity index (χ2n) is 2.78. The van der Waals surface area contributed by atoms with Gasteiger partial charge in [-0.1, -0.05) is 6.08 Å². The van der Waals surface area contributed by atoms with Crippen LogP contribution in [0.5, 0.6) is 5.75 Å². The Morgan fingerprint density at radius 3 is 3.42 bits per heavy atom. The molecule has 1 aromatic rings. The Labute approximate surface area is 71.9 Å². The molecule has 0 fully saturated rings. The molecule has 0 atom stereocenters. The van der Waals surface area contributed by atoms with Crippen LogP contribution in [0.4, 0.5) is 0 Å². The van der Waals surface area contributed by atoms with E-state index < -0.39 is 0 Å². The van der Waals surface area contributed by atoms with Gasteiger partial charge >= 0.3 is 0 Å². The quantitative estimate of drug-likeness (QED) is 0.582. The van der Waals surface area contributed by atoms with Gasteiger partial charge in [0.2, 0.25) is 0 Å². The zero-order valence-electron chi connectivity index (χ0n) is 6.86. The Bertz CT molecular complexity index is 294. The van der Waals surface area contributed by atoms with Crippen molar-refractivity contribution in [1.82, 2.24) is 4.98 Å². The number of hydrogen-bond donors (Lipinski definition) is 0. The van der Waals surface area contributed by atoms with Crippen molar-refractivity contribution in [2.24, 2.45) is 0 Å². The first-order chi connectivity index (χ1) is 5.97. The molecule has 2 heteroatoms. The van der Waals surface area contributed by atoms with Gasteiger partial charge in [0.25, 0.3) is 0 Å². The molecule has 0 radical (unpaired) electrons. The molecule has 0 N–H and O–H groups in total. The first kappa shape index (κ1) is 7.35. The van der Waals surface area contributed by atoms with Crippen LogP contribution in [0.3, 0.4) is 0 Å². The maximum atomic E-state index is 5.51. The minimum absolute atomic E-state index is 0.795. The molecule has 0 aliphatic carbocycles. The molecule has 1 aliphatic heterocycles. The van der Waals surface area contributed by atoms with Crippen LogP contribution in [0.2, 0.25) is 0 Å². The smallest absolute Gasteiger partial charge is 0.144 e. The van der Waals surface area contributed by atoms with E-state index in [1.807, 2.05) is 18.2 Å². The van der Waals surface area contributed by atoms with Crippen LogP contribution in [-0.4, -0.2) is 11.6 Å². The maximum Gasteiger partial charge on any atom is 0.144 e. The van der Waals surface area contributed by atoms with Gasteiger partial charge in [-0.25, -0.2) is 0 Å². The Morgan fingerprint density at radius 2 is 2.42 bits per heavy atom. The molecule has 2 heterocycles. The lowest BCUT2D eigenvalue weighted by molar-refractivity contribution is 0.309. The fraction of sp³-hybridized carbons (Fsp3) is 0.300. The fourth-order valence-corrected chi connectivity index (χ4v) is 1.23. The van der Waals surface area contributed by atoms with Gasteiger partial charge < -0.3 is 4.74 Å². The van der Waals surface area contributed by atoms with E-state index in [1.54, 1.807) is 6.20 Å². The molecule has 0 saturated heterocycles. The topological polar surface area (TPSA) is 22.1 Å². The molecule has 0 bridgehead atoms. The van der Waals surface area contributed by atoms with E-state index >= 15 is 0 Å². The lowest BCUT2D eigenvalue weighted by Gasteiger charge is -2.09. The molecule has 2 nitrogen and oxygen atoms in total. The van der Waals surface area contributed by atoms with E-state index in [0.717, 1.165) is 30.9 Å². The van der Waals surface area contributed by atoms with Gasteiger partial charge in [0.15, 0.2) is 0 Å². The third-order valence-electron chi connectivity index (χ3n) is 1.85. The highest BCUT2D eigenvalue weighted by Crippen LogP contribution is 2.19. The summed E-state index contributed by atoms with van der Waals surface area (Å²) in [5.74, 6) is 0.897. The second-order valence-corrected chi connectivity index (χ2v) is 2.78. The van der Waals surface area contributed by atoms with Crippen molar-refractivity contribution in [3.63, 3.8) is 0 Å². The van der Waals surface area contributed by atoms with E-state index in [4.69, 9.17) is 4.74 Å². The van der Waals surface area contributed by atoms with Crippen molar-refractivity contribution >= 4 is 6.08 Å². The van der Waals surface area contributed by atoms with Gasteiger partial charge in [-0.15, -0.1) is 0 Å². The normalized spacial score (nSPS) is 18.3. The van der Waals surface area contributed by atoms with Crippen molar-refractivity contribution in [2.45, 2.75) is 12.8 Å². The van der Waals surface area contributed by atoms with Gasteiger partial charge in [0, 0.05) is 6.20 Å². The van der Waals surface area contributed by atoms with Gasteiger partial charge in [-0.3, -0.25) is 4.98 Å². The number of allylic oxidation sites excluding steroid dienone is 1. The predicted molar refractivity (Wildman–Crippen MR) is 48.0 cm³/mol. The van der Waals surface area contributed by atoms with E-state index in [-0.39, 0.29) is 0 Å². The summed E-state index contributed by atoms with van der Waals surface area (Å²) in [5, 5.41) is 0. The van der Waals surface area contributed by atoms with Crippen LogP contribution in [-0.2, 0) is 0 Å². The molecule has 0 unspecified atom stereocenters. The fourth-order valence-electron chi connectivity index (χ4n) is 1.23. The largest absolute Gasteiger partial charge is 0.491 e. The standard InChI is InChI=1S/C10H11NO/c1-2-5-9-10(12-8-3-1)6-4-7-11-9/h2,4-7H,1,3,8H2/b5-2-. The SMILES string of the molecule is C1=C\c2ncccc2OCCC/1. The molecular formula is C10H11NO. The number of hydrogen-bond acceptors (Lipinski definition) is 2. The van der Waals surface area contributed by atoms with E-state index in [1.165, 1.54) is 0 Å². The van der Waals surface area contributed by atoms with Gasteiger partial charge in [-0.2, -0.15) is 0 Å². The van der Waals surface area contributed by atoms with Crippen LogP contribution in [0.15, 0.2) is 24.4 Å². The van der Waals surface area contributed by atoms with Gasteiger partial charge in [-0.05, 0) is 31.1 Å². The molecule has 0 amide bonds. The number of nitrogens with zero attached hydrogens (tertiary/aromatic N) is 1. The van der Waals surface area contributed by atoms with Crippen LogP contribution >= 0.6 is 0 Å². The summed E-state index contributed by atoms with van der Waals surface area (Å²) in [5.41, 5.74) is 0.942. The summed E-state index contributed by atoms with van der Waals surface area (Å²) >= 11 is 0. The lowest BCUT2D eigenvalue weighted by atomic mass is 10.2. The Kier molecular flexibility index (Phi) is 2.08. The van der Waals surface area contributed by atoms with Gasteiger partial charge in [0.1, 0.15) is 11.4 Å². The average Bonchev–Trinajstić information content (AvgIpc) is 2.06. The summed E-state index contributed by atoms with van der Waals surface area (Å²) in [7, 11) is 0. The Morgan fingerprint density at radius 1 is 1.42 bits per heavy atom. The van der Waals surface area contributed by atoms with E-state index in [9.17, 15) is 0 Å². The Hall–Kier alpha value is -1.31. The third-order valence-corrected chi connectivity index (χ3v) is 1.85. The molecule has 2 rings (SSSR count). The Balaban J connectivity index is 2.36. The minimum atomic E-state index is 0.795. The van der Waals surface area contributed by atoms with E-state index in [2.05, 4.69) is 11.1 Å². The van der Waals surface area contributed by atoms with E-state index in [0.29, 0.717) is 0 Å². The molecule has 0 aromatic carbocycles. The highest BCUT2D eigenvalue weighted by Gasteiger charge is 2.02. The van der Waals surface area contributed by atoms with Crippen molar-refractivity contribution in [1.29, 1.82) is 0 Å². The lowest BCUT2D eigenvalue weighted by Crippen LogP contribution is -2.00.